The Labute approximate surface area is 104 Å². The molecule has 0 saturated carbocycles. The maximum absolute atomic E-state index is 12.1. The molecule has 0 aromatic carbocycles. The lowest BCUT2D eigenvalue weighted by Crippen LogP contribution is -2.26. The Morgan fingerprint density at radius 3 is 2.47 bits per heavy atom. The van der Waals surface area contributed by atoms with Gasteiger partial charge in [0.15, 0.2) is 0 Å². The van der Waals surface area contributed by atoms with Crippen LogP contribution >= 0.6 is 0 Å². The Morgan fingerprint density at radius 2 is 1.88 bits per heavy atom. The summed E-state index contributed by atoms with van der Waals surface area (Å²) in [4.78, 5) is 24.1. The Bertz CT molecular complexity index is 326. The lowest BCUT2D eigenvalue weighted by Gasteiger charge is -2.22. The molecule has 2 heteroatoms. The van der Waals surface area contributed by atoms with Crippen molar-refractivity contribution in [1.82, 2.24) is 0 Å². The number of carbonyl (C=O) groups is 2. The van der Waals surface area contributed by atoms with Gasteiger partial charge < -0.3 is 0 Å². The summed E-state index contributed by atoms with van der Waals surface area (Å²) in [5.41, 5.74) is 1.15. The number of hydrogen-bond acceptors (Lipinski definition) is 2. The largest absolute Gasteiger partial charge is 0.299 e. The van der Waals surface area contributed by atoms with E-state index in [1.807, 2.05) is 27.7 Å². The highest BCUT2D eigenvalue weighted by Gasteiger charge is 2.27. The zero-order valence-corrected chi connectivity index (χ0v) is 11.5. The first kappa shape index (κ1) is 14.1. The van der Waals surface area contributed by atoms with Gasteiger partial charge in [0.1, 0.15) is 11.6 Å². The van der Waals surface area contributed by atoms with Crippen molar-refractivity contribution in [2.75, 3.05) is 0 Å². The number of rotatable bonds is 1. The van der Waals surface area contributed by atoms with Crippen molar-refractivity contribution in [2.24, 2.45) is 17.8 Å². The van der Waals surface area contributed by atoms with Crippen LogP contribution < -0.4 is 0 Å². The third kappa shape index (κ3) is 4.10. The summed E-state index contributed by atoms with van der Waals surface area (Å²) in [6.45, 7) is 8.06. The molecule has 0 N–H and O–H groups in total. The van der Waals surface area contributed by atoms with E-state index in [0.717, 1.165) is 18.4 Å². The van der Waals surface area contributed by atoms with Gasteiger partial charge in [-0.2, -0.15) is 0 Å². The molecule has 0 saturated heterocycles. The predicted octanol–water partition coefficient (Wildman–Crippen LogP) is 3.55. The number of ketones is 2. The van der Waals surface area contributed by atoms with Crippen LogP contribution in [0.25, 0.3) is 0 Å². The van der Waals surface area contributed by atoms with Gasteiger partial charge in [0.25, 0.3) is 0 Å². The van der Waals surface area contributed by atoms with Crippen molar-refractivity contribution < 1.29 is 9.59 Å². The first-order chi connectivity index (χ1) is 7.91. The van der Waals surface area contributed by atoms with Crippen LogP contribution in [0.15, 0.2) is 11.6 Å². The molecule has 0 bridgehead atoms. The lowest BCUT2D eigenvalue weighted by molar-refractivity contribution is -0.130. The number of hydrogen-bond donors (Lipinski definition) is 0. The number of allylic oxidation sites excluding steroid dienone is 2. The molecule has 17 heavy (non-hydrogen) atoms. The number of carbonyl (C=O) groups excluding carboxylic acids is 2. The van der Waals surface area contributed by atoms with Crippen LogP contribution in [-0.4, -0.2) is 11.6 Å². The molecule has 2 atom stereocenters. The summed E-state index contributed by atoms with van der Waals surface area (Å²) >= 11 is 0. The van der Waals surface area contributed by atoms with Gasteiger partial charge in [-0.1, -0.05) is 32.4 Å². The summed E-state index contributed by atoms with van der Waals surface area (Å²) in [6, 6.07) is 0. The molecule has 1 aliphatic rings. The van der Waals surface area contributed by atoms with Crippen molar-refractivity contribution in [3.05, 3.63) is 11.6 Å². The van der Waals surface area contributed by atoms with Crippen LogP contribution in [0.5, 0.6) is 0 Å². The average Bonchev–Trinajstić information content (AvgIpc) is 2.23. The molecule has 1 rings (SSSR count). The summed E-state index contributed by atoms with van der Waals surface area (Å²) in [5.74, 6) is 0.740. The van der Waals surface area contributed by atoms with Crippen LogP contribution in [0.2, 0.25) is 0 Å². The van der Waals surface area contributed by atoms with Gasteiger partial charge in [-0.25, -0.2) is 0 Å². The van der Waals surface area contributed by atoms with Gasteiger partial charge in [-0.05, 0) is 25.7 Å². The van der Waals surface area contributed by atoms with Crippen LogP contribution in [0, 0.1) is 17.8 Å². The van der Waals surface area contributed by atoms with Crippen molar-refractivity contribution in [3.8, 4) is 0 Å². The van der Waals surface area contributed by atoms with Gasteiger partial charge in [-0.3, -0.25) is 9.59 Å². The summed E-state index contributed by atoms with van der Waals surface area (Å²) < 4.78 is 0. The Morgan fingerprint density at radius 1 is 1.24 bits per heavy atom. The molecular formula is C15H24O2. The molecule has 0 aromatic heterocycles. The molecule has 0 fully saturated rings. The van der Waals surface area contributed by atoms with E-state index < -0.39 is 0 Å². The fourth-order valence-electron chi connectivity index (χ4n) is 2.36. The maximum atomic E-state index is 12.1. The maximum Gasteiger partial charge on any atom is 0.140 e. The van der Waals surface area contributed by atoms with Crippen molar-refractivity contribution in [1.29, 1.82) is 0 Å². The molecule has 0 amide bonds. The minimum Gasteiger partial charge on any atom is -0.299 e. The van der Waals surface area contributed by atoms with Gasteiger partial charge in [0.05, 0.1) is 0 Å². The standard InChI is InChI=1S/C15H24O2/c1-10(2)13-9-14(16)12(4)7-5-6-11(3)8-15(13)17/h6,10,12-13H,5,7-9H2,1-4H3/b11-6-/t12-,13+/m1/s1. The smallest absolute Gasteiger partial charge is 0.140 e. The molecular weight excluding hydrogens is 212 g/mol. The molecule has 0 spiro atoms. The molecule has 1 aliphatic carbocycles. The van der Waals surface area contributed by atoms with E-state index in [9.17, 15) is 9.59 Å². The highest BCUT2D eigenvalue weighted by molar-refractivity contribution is 5.90. The van der Waals surface area contributed by atoms with E-state index in [1.165, 1.54) is 0 Å². The van der Waals surface area contributed by atoms with Crippen molar-refractivity contribution in [2.45, 2.75) is 53.4 Å². The average molecular weight is 236 g/mol. The molecule has 96 valence electrons. The summed E-state index contributed by atoms with van der Waals surface area (Å²) in [6.07, 6.45) is 4.90. The molecule has 0 heterocycles. The third-order valence-corrected chi connectivity index (χ3v) is 3.73. The highest BCUT2D eigenvalue weighted by Crippen LogP contribution is 2.25. The summed E-state index contributed by atoms with van der Waals surface area (Å²) in [7, 11) is 0. The third-order valence-electron chi connectivity index (χ3n) is 3.73. The van der Waals surface area contributed by atoms with Crippen molar-refractivity contribution >= 4 is 11.6 Å². The fraction of sp³-hybridized carbons (Fsp3) is 0.733. The molecule has 2 nitrogen and oxygen atoms in total. The zero-order chi connectivity index (χ0) is 13.0. The minimum atomic E-state index is -0.0913. The topological polar surface area (TPSA) is 34.1 Å². The van der Waals surface area contributed by atoms with E-state index in [1.54, 1.807) is 0 Å². The van der Waals surface area contributed by atoms with Gasteiger partial charge in [0, 0.05) is 24.7 Å². The van der Waals surface area contributed by atoms with Crippen LogP contribution in [0.1, 0.15) is 53.4 Å². The monoisotopic (exact) mass is 236 g/mol. The SMILES string of the molecule is C/C1=C/CC[C@@H](C)C(=O)C[C@@H](C(C)C)C(=O)C1. The van der Waals surface area contributed by atoms with Crippen LogP contribution in [-0.2, 0) is 9.59 Å². The van der Waals surface area contributed by atoms with E-state index in [2.05, 4.69) is 6.08 Å². The summed E-state index contributed by atoms with van der Waals surface area (Å²) in [5, 5.41) is 0. The molecule has 0 aromatic rings. The van der Waals surface area contributed by atoms with Gasteiger partial charge >= 0.3 is 0 Å². The Kier molecular flexibility index (Phi) is 5.10. The van der Waals surface area contributed by atoms with Gasteiger partial charge in [0.2, 0.25) is 0 Å². The van der Waals surface area contributed by atoms with E-state index in [4.69, 9.17) is 0 Å². The first-order valence-electron chi connectivity index (χ1n) is 6.63. The quantitative estimate of drug-likeness (QED) is 0.652. The van der Waals surface area contributed by atoms with E-state index >= 15 is 0 Å². The zero-order valence-electron chi connectivity index (χ0n) is 11.5. The normalized spacial score (nSPS) is 31.2. The second kappa shape index (κ2) is 6.13. The fourth-order valence-corrected chi connectivity index (χ4v) is 2.36. The van der Waals surface area contributed by atoms with Crippen LogP contribution in [0.4, 0.5) is 0 Å². The van der Waals surface area contributed by atoms with Crippen molar-refractivity contribution in [3.63, 3.8) is 0 Å². The molecule has 0 aliphatic heterocycles. The second-order valence-electron chi connectivity index (χ2n) is 5.69. The Hall–Kier alpha value is -0.920. The van der Waals surface area contributed by atoms with E-state index in [0.29, 0.717) is 12.8 Å². The first-order valence-corrected chi connectivity index (χ1v) is 6.63. The predicted molar refractivity (Wildman–Crippen MR) is 69.7 cm³/mol. The second-order valence-corrected chi connectivity index (χ2v) is 5.69. The molecule has 0 radical (unpaired) electrons. The van der Waals surface area contributed by atoms with E-state index in [-0.39, 0.29) is 29.3 Å². The number of Topliss-reactive ketones (excluding diaryl/α,β-unsaturated/α-hetero) is 2. The van der Waals surface area contributed by atoms with Crippen LogP contribution in [0.3, 0.4) is 0 Å². The molecule has 0 unspecified atom stereocenters. The van der Waals surface area contributed by atoms with Gasteiger partial charge in [-0.15, -0.1) is 0 Å². The lowest BCUT2D eigenvalue weighted by atomic mass is 9.81. The Balaban J connectivity index is 2.90. The highest BCUT2D eigenvalue weighted by atomic mass is 16.1. The minimum absolute atomic E-state index is 0.0891.